The van der Waals surface area contributed by atoms with Crippen LogP contribution in [-0.4, -0.2) is 77.4 Å². The molecule has 0 aromatic rings. The fraction of sp³-hybridized carbons (Fsp3) is 0.773. The molecule has 0 aliphatic heterocycles. The molecule has 0 aromatic heterocycles. The Kier molecular flexibility index (Phi) is 16.7. The molecule has 0 spiro atoms. The van der Waals surface area contributed by atoms with E-state index in [1.54, 1.807) is 0 Å². The van der Waals surface area contributed by atoms with Crippen molar-refractivity contribution in [1.29, 1.82) is 0 Å². The Morgan fingerprint density at radius 1 is 0.886 bits per heavy atom. The van der Waals surface area contributed by atoms with Crippen LogP contribution in [-0.2, 0) is 24.0 Å². The van der Waals surface area contributed by atoms with Crippen LogP contribution in [0.15, 0.2) is 0 Å². The number of unbranched alkanes of at least 4 members (excludes halogenated alkanes) is 1. The summed E-state index contributed by atoms with van der Waals surface area (Å²) in [6.45, 7) is 4.14. The maximum atomic E-state index is 13.1. The van der Waals surface area contributed by atoms with Crippen molar-refractivity contribution in [2.75, 3.05) is 18.6 Å². The zero-order valence-electron chi connectivity index (χ0n) is 20.9. The third-order valence-electron chi connectivity index (χ3n) is 5.68. The van der Waals surface area contributed by atoms with Crippen molar-refractivity contribution in [1.82, 2.24) is 16.0 Å². The second-order valence-electron chi connectivity index (χ2n) is 8.50. The van der Waals surface area contributed by atoms with Gasteiger partial charge in [0.05, 0.1) is 6.04 Å². The molecule has 0 saturated heterocycles. The topological polar surface area (TPSA) is 220 Å². The molecule has 12 nitrogen and oxygen atoms in total. The van der Waals surface area contributed by atoms with Crippen LogP contribution >= 0.6 is 11.8 Å². The van der Waals surface area contributed by atoms with Gasteiger partial charge in [0.2, 0.25) is 23.6 Å². The highest BCUT2D eigenvalue weighted by atomic mass is 32.2. The van der Waals surface area contributed by atoms with Gasteiger partial charge in [-0.25, -0.2) is 4.79 Å². The van der Waals surface area contributed by atoms with E-state index in [9.17, 15) is 29.1 Å². The van der Waals surface area contributed by atoms with E-state index in [4.69, 9.17) is 17.2 Å². The van der Waals surface area contributed by atoms with Crippen molar-refractivity contribution >= 4 is 41.4 Å². The van der Waals surface area contributed by atoms with E-state index in [2.05, 4.69) is 16.0 Å². The maximum Gasteiger partial charge on any atom is 0.326 e. The number of thioether (sulfide) groups is 1. The molecule has 202 valence electrons. The highest BCUT2D eigenvalue weighted by molar-refractivity contribution is 7.98. The average Bonchev–Trinajstić information content (AvgIpc) is 2.81. The molecule has 0 heterocycles. The molecule has 0 aromatic carbocycles. The van der Waals surface area contributed by atoms with Gasteiger partial charge >= 0.3 is 5.97 Å². The number of rotatable bonds is 19. The highest BCUT2D eigenvalue weighted by Gasteiger charge is 2.30. The first-order valence-corrected chi connectivity index (χ1v) is 13.2. The summed E-state index contributed by atoms with van der Waals surface area (Å²) >= 11 is 1.50. The molecule has 0 fully saturated rings. The lowest BCUT2D eigenvalue weighted by Crippen LogP contribution is -2.57. The summed E-state index contributed by atoms with van der Waals surface area (Å²) < 4.78 is 0. The number of primary amides is 1. The SMILES string of the molecule is CCC(C)C(N)C(=O)NC(CCSC)C(=O)NC(CCCCN)C(=O)NC(CCC(N)=O)C(=O)O. The number of nitrogens with one attached hydrogen (secondary N) is 3. The van der Waals surface area contributed by atoms with E-state index in [1.165, 1.54) is 11.8 Å². The number of carboxylic acid groups (broad SMARTS) is 1. The highest BCUT2D eigenvalue weighted by Crippen LogP contribution is 2.09. The maximum absolute atomic E-state index is 13.1. The molecule has 0 aliphatic carbocycles. The van der Waals surface area contributed by atoms with Crippen LogP contribution in [0.5, 0.6) is 0 Å². The van der Waals surface area contributed by atoms with Crippen LogP contribution in [0.4, 0.5) is 0 Å². The first kappa shape index (κ1) is 32.6. The van der Waals surface area contributed by atoms with Crippen molar-refractivity contribution in [2.24, 2.45) is 23.1 Å². The van der Waals surface area contributed by atoms with Crippen molar-refractivity contribution < 1.29 is 29.1 Å². The Morgan fingerprint density at radius 2 is 1.43 bits per heavy atom. The Bertz CT molecular complexity index is 710. The molecule has 10 N–H and O–H groups in total. The van der Waals surface area contributed by atoms with Crippen LogP contribution in [0.25, 0.3) is 0 Å². The summed E-state index contributed by atoms with van der Waals surface area (Å²) in [6.07, 6.45) is 3.80. The minimum absolute atomic E-state index is 0.0811. The predicted octanol–water partition coefficient (Wildman–Crippen LogP) is -0.954. The third-order valence-corrected chi connectivity index (χ3v) is 6.32. The van der Waals surface area contributed by atoms with E-state index < -0.39 is 53.8 Å². The fourth-order valence-electron chi connectivity index (χ4n) is 3.14. The number of hydrogen-bond acceptors (Lipinski definition) is 8. The zero-order valence-corrected chi connectivity index (χ0v) is 21.7. The normalized spacial score (nSPS) is 15.2. The lowest BCUT2D eigenvalue weighted by Gasteiger charge is -2.26. The molecule has 5 unspecified atom stereocenters. The number of hydrogen-bond donors (Lipinski definition) is 7. The molecule has 0 bridgehead atoms. The number of aliphatic carboxylic acids is 1. The predicted molar refractivity (Wildman–Crippen MR) is 135 cm³/mol. The van der Waals surface area contributed by atoms with Gasteiger partial charge in [0.1, 0.15) is 18.1 Å². The molecule has 13 heteroatoms. The monoisotopic (exact) mass is 518 g/mol. The Morgan fingerprint density at radius 3 is 1.91 bits per heavy atom. The summed E-state index contributed by atoms with van der Waals surface area (Å²) in [5.74, 6) is -3.25. The molecular formula is C22H42N6O6S. The molecule has 5 atom stereocenters. The van der Waals surface area contributed by atoms with Gasteiger partial charge in [0, 0.05) is 6.42 Å². The smallest absolute Gasteiger partial charge is 0.326 e. The summed E-state index contributed by atoms with van der Waals surface area (Å²) in [4.78, 5) is 61.1. The van der Waals surface area contributed by atoms with Gasteiger partial charge in [0.25, 0.3) is 0 Å². The van der Waals surface area contributed by atoms with Gasteiger partial charge in [-0.1, -0.05) is 20.3 Å². The Balaban J connectivity index is 5.52. The summed E-state index contributed by atoms with van der Waals surface area (Å²) in [6, 6.07) is -4.10. The van der Waals surface area contributed by atoms with Gasteiger partial charge in [-0.15, -0.1) is 0 Å². The molecule has 0 rings (SSSR count). The lowest BCUT2D eigenvalue weighted by molar-refractivity contribution is -0.142. The third kappa shape index (κ3) is 13.3. The molecule has 35 heavy (non-hydrogen) atoms. The van der Waals surface area contributed by atoms with Crippen molar-refractivity contribution in [3.8, 4) is 0 Å². The van der Waals surface area contributed by atoms with Crippen molar-refractivity contribution in [2.45, 2.75) is 83.0 Å². The van der Waals surface area contributed by atoms with E-state index >= 15 is 0 Å². The lowest BCUT2D eigenvalue weighted by atomic mass is 9.99. The standard InChI is InChI=1S/C22H42N6O6S/c1-4-13(2)18(25)21(32)27-15(10-12-35-3)20(31)26-14(7-5-6-11-23)19(30)28-16(22(33)34)8-9-17(24)29/h13-16,18H,4-12,23,25H2,1-3H3,(H2,24,29)(H,26,31)(H,27,32)(H,28,30)(H,33,34). The van der Waals surface area contributed by atoms with Crippen molar-refractivity contribution in [3.63, 3.8) is 0 Å². The van der Waals surface area contributed by atoms with Gasteiger partial charge in [-0.05, 0) is 56.6 Å². The summed E-state index contributed by atoms with van der Waals surface area (Å²) in [7, 11) is 0. The number of carbonyl (C=O) groups is 5. The second-order valence-corrected chi connectivity index (χ2v) is 9.49. The quantitative estimate of drug-likeness (QED) is 0.105. The van der Waals surface area contributed by atoms with E-state index in [0.717, 1.165) is 0 Å². The van der Waals surface area contributed by atoms with Crippen molar-refractivity contribution in [3.05, 3.63) is 0 Å². The first-order valence-electron chi connectivity index (χ1n) is 11.8. The Labute approximate surface area is 211 Å². The zero-order chi connectivity index (χ0) is 27.0. The molecular weight excluding hydrogens is 476 g/mol. The second kappa shape index (κ2) is 18.0. The fourth-order valence-corrected chi connectivity index (χ4v) is 3.61. The van der Waals surface area contributed by atoms with Crippen LogP contribution in [0.2, 0.25) is 0 Å². The van der Waals surface area contributed by atoms with E-state index in [0.29, 0.717) is 38.0 Å². The largest absolute Gasteiger partial charge is 0.480 e. The van der Waals surface area contributed by atoms with Gasteiger partial charge in [0.15, 0.2) is 0 Å². The average molecular weight is 519 g/mol. The van der Waals surface area contributed by atoms with Gasteiger partial charge in [-0.3, -0.25) is 19.2 Å². The first-order chi connectivity index (χ1) is 16.5. The minimum atomic E-state index is -1.34. The van der Waals surface area contributed by atoms with Gasteiger partial charge < -0.3 is 38.3 Å². The van der Waals surface area contributed by atoms with E-state index in [1.807, 2.05) is 20.1 Å². The van der Waals surface area contributed by atoms with Crippen LogP contribution in [0.3, 0.4) is 0 Å². The van der Waals surface area contributed by atoms with Crippen LogP contribution < -0.4 is 33.2 Å². The number of nitrogens with two attached hydrogens (primary N) is 3. The summed E-state index contributed by atoms with van der Waals surface area (Å²) in [5.41, 5.74) is 16.6. The molecule has 0 saturated carbocycles. The molecule has 0 radical (unpaired) electrons. The number of amides is 4. The summed E-state index contributed by atoms with van der Waals surface area (Å²) in [5, 5.41) is 17.1. The van der Waals surface area contributed by atoms with Crippen LogP contribution in [0, 0.1) is 5.92 Å². The number of carbonyl (C=O) groups excluding carboxylic acids is 4. The van der Waals surface area contributed by atoms with Gasteiger partial charge in [-0.2, -0.15) is 11.8 Å². The number of carboxylic acids is 1. The molecule has 4 amide bonds. The molecule has 0 aliphatic rings. The van der Waals surface area contributed by atoms with Crippen LogP contribution in [0.1, 0.15) is 58.8 Å². The minimum Gasteiger partial charge on any atom is -0.480 e. The Hall–Kier alpha value is -2.38. The van der Waals surface area contributed by atoms with E-state index in [-0.39, 0.29) is 25.2 Å².